The molecule has 0 amide bonds. The van der Waals surface area contributed by atoms with Gasteiger partial charge in [-0.2, -0.15) is 4.31 Å². The molecule has 1 aliphatic heterocycles. The van der Waals surface area contributed by atoms with Crippen molar-refractivity contribution in [1.29, 1.82) is 0 Å². The van der Waals surface area contributed by atoms with Gasteiger partial charge in [0.05, 0.1) is 11.5 Å². The number of ether oxygens (including phenoxy) is 1. The van der Waals surface area contributed by atoms with Gasteiger partial charge in [0.25, 0.3) is 0 Å². The summed E-state index contributed by atoms with van der Waals surface area (Å²) in [5, 5.41) is 1.84. The SMILES string of the molecule is CCOC(=O)C1CCCN1S(=O)(=O)c1ccc2ccccc2c1. The standard InChI is InChI=1S/C17H19NO4S/c1-2-22-17(19)16-8-5-11-18(16)23(20,21)15-10-9-13-6-3-4-7-14(13)12-15/h3-4,6-7,9-10,12,16H,2,5,8,11H2,1H3. The third kappa shape index (κ3) is 2.96. The topological polar surface area (TPSA) is 63.7 Å². The molecular weight excluding hydrogens is 314 g/mol. The Bertz CT molecular complexity index is 831. The fourth-order valence-electron chi connectivity index (χ4n) is 2.97. The molecule has 0 N–H and O–H groups in total. The second-order valence-electron chi connectivity index (χ2n) is 5.53. The zero-order valence-corrected chi connectivity index (χ0v) is 13.8. The minimum atomic E-state index is -3.71. The number of benzene rings is 2. The predicted molar refractivity (Wildman–Crippen MR) is 87.5 cm³/mol. The molecule has 1 saturated heterocycles. The number of carbonyl (C=O) groups is 1. The first-order chi connectivity index (χ1) is 11.0. The highest BCUT2D eigenvalue weighted by Gasteiger charge is 2.40. The Kier molecular flexibility index (Phi) is 4.37. The summed E-state index contributed by atoms with van der Waals surface area (Å²) in [6.45, 7) is 2.31. The number of nitrogens with zero attached hydrogens (tertiary/aromatic N) is 1. The zero-order chi connectivity index (χ0) is 16.4. The van der Waals surface area contributed by atoms with Gasteiger partial charge in [-0.05, 0) is 42.7 Å². The average Bonchev–Trinajstić information content (AvgIpc) is 3.05. The molecule has 1 fully saturated rings. The van der Waals surface area contributed by atoms with Crippen LogP contribution in [0.15, 0.2) is 47.4 Å². The summed E-state index contributed by atoms with van der Waals surface area (Å²) >= 11 is 0. The van der Waals surface area contributed by atoms with Crippen molar-refractivity contribution < 1.29 is 17.9 Å². The summed E-state index contributed by atoms with van der Waals surface area (Å²) in [5.74, 6) is -0.464. The van der Waals surface area contributed by atoms with Crippen molar-refractivity contribution in [3.05, 3.63) is 42.5 Å². The van der Waals surface area contributed by atoms with Gasteiger partial charge in [-0.1, -0.05) is 30.3 Å². The number of fused-ring (bicyclic) bond motifs is 1. The fraction of sp³-hybridized carbons (Fsp3) is 0.353. The highest BCUT2D eigenvalue weighted by atomic mass is 32.2. The van der Waals surface area contributed by atoms with Crippen LogP contribution in [0.25, 0.3) is 10.8 Å². The van der Waals surface area contributed by atoms with Crippen LogP contribution in [0.2, 0.25) is 0 Å². The highest BCUT2D eigenvalue weighted by molar-refractivity contribution is 7.89. The average molecular weight is 333 g/mol. The molecule has 0 aliphatic carbocycles. The number of sulfonamides is 1. The van der Waals surface area contributed by atoms with Gasteiger partial charge in [-0.15, -0.1) is 0 Å². The first kappa shape index (κ1) is 16.0. The Labute approximate surface area is 135 Å². The maximum absolute atomic E-state index is 12.9. The van der Waals surface area contributed by atoms with Crippen molar-refractivity contribution in [3.8, 4) is 0 Å². The Hall–Kier alpha value is -1.92. The lowest BCUT2D eigenvalue weighted by atomic mass is 10.1. The normalized spacial score (nSPS) is 19.1. The minimum absolute atomic E-state index is 0.215. The lowest BCUT2D eigenvalue weighted by Crippen LogP contribution is -2.41. The first-order valence-electron chi connectivity index (χ1n) is 7.71. The van der Waals surface area contributed by atoms with Gasteiger partial charge in [0.1, 0.15) is 6.04 Å². The van der Waals surface area contributed by atoms with Gasteiger partial charge in [-0.25, -0.2) is 8.42 Å². The van der Waals surface area contributed by atoms with Crippen molar-refractivity contribution in [3.63, 3.8) is 0 Å². The van der Waals surface area contributed by atoms with Gasteiger partial charge in [0.2, 0.25) is 10.0 Å². The molecular formula is C17H19NO4S. The molecule has 0 aromatic heterocycles. The van der Waals surface area contributed by atoms with Crippen LogP contribution in [0.1, 0.15) is 19.8 Å². The van der Waals surface area contributed by atoms with Crippen LogP contribution in [-0.4, -0.2) is 37.9 Å². The summed E-state index contributed by atoms with van der Waals surface area (Å²) in [6, 6.07) is 11.9. The van der Waals surface area contributed by atoms with Crippen molar-refractivity contribution in [2.45, 2.75) is 30.7 Å². The molecule has 3 rings (SSSR count). The molecule has 1 aliphatic rings. The largest absolute Gasteiger partial charge is 0.465 e. The Balaban J connectivity index is 1.97. The zero-order valence-electron chi connectivity index (χ0n) is 12.9. The molecule has 1 unspecified atom stereocenters. The molecule has 2 aromatic carbocycles. The molecule has 0 radical (unpaired) electrons. The van der Waals surface area contributed by atoms with Crippen molar-refractivity contribution in [2.24, 2.45) is 0 Å². The van der Waals surface area contributed by atoms with Gasteiger partial charge in [0, 0.05) is 6.54 Å². The molecule has 1 heterocycles. The lowest BCUT2D eigenvalue weighted by Gasteiger charge is -2.22. The van der Waals surface area contributed by atoms with Crippen LogP contribution < -0.4 is 0 Å². The Morgan fingerprint density at radius 1 is 1.22 bits per heavy atom. The maximum atomic E-state index is 12.9. The van der Waals surface area contributed by atoms with E-state index < -0.39 is 22.0 Å². The number of esters is 1. The van der Waals surface area contributed by atoms with Crippen molar-refractivity contribution in [2.75, 3.05) is 13.2 Å². The number of carbonyl (C=O) groups excluding carboxylic acids is 1. The quantitative estimate of drug-likeness (QED) is 0.807. The van der Waals surface area contributed by atoms with E-state index in [1.807, 2.05) is 24.3 Å². The van der Waals surface area contributed by atoms with Gasteiger partial charge >= 0.3 is 5.97 Å². The maximum Gasteiger partial charge on any atom is 0.324 e. The van der Waals surface area contributed by atoms with E-state index in [1.165, 1.54) is 4.31 Å². The molecule has 6 heteroatoms. The van der Waals surface area contributed by atoms with E-state index in [4.69, 9.17) is 4.74 Å². The highest BCUT2D eigenvalue weighted by Crippen LogP contribution is 2.28. The van der Waals surface area contributed by atoms with Gasteiger partial charge < -0.3 is 4.74 Å². The Morgan fingerprint density at radius 3 is 2.70 bits per heavy atom. The summed E-state index contributed by atoms with van der Waals surface area (Å²) < 4.78 is 32.1. The number of rotatable bonds is 4. The lowest BCUT2D eigenvalue weighted by molar-refractivity contribution is -0.146. The summed E-state index contributed by atoms with van der Waals surface area (Å²) in [7, 11) is -3.71. The van der Waals surface area contributed by atoms with E-state index in [9.17, 15) is 13.2 Å². The molecule has 23 heavy (non-hydrogen) atoms. The van der Waals surface area contributed by atoms with Gasteiger partial charge in [0.15, 0.2) is 0 Å². The van der Waals surface area contributed by atoms with Gasteiger partial charge in [-0.3, -0.25) is 4.79 Å². The third-order valence-corrected chi connectivity index (χ3v) is 5.99. The number of hydrogen-bond donors (Lipinski definition) is 0. The monoisotopic (exact) mass is 333 g/mol. The van der Waals surface area contributed by atoms with E-state index >= 15 is 0 Å². The van der Waals surface area contributed by atoms with E-state index in [2.05, 4.69) is 0 Å². The number of hydrogen-bond acceptors (Lipinski definition) is 4. The summed E-state index contributed by atoms with van der Waals surface area (Å²) in [6.07, 6.45) is 1.17. The second kappa shape index (κ2) is 6.29. The molecule has 0 saturated carbocycles. The van der Waals surface area contributed by atoms with E-state index in [0.29, 0.717) is 19.4 Å². The van der Waals surface area contributed by atoms with E-state index in [1.54, 1.807) is 25.1 Å². The summed E-state index contributed by atoms with van der Waals surface area (Å²) in [4.78, 5) is 12.2. The molecule has 1 atom stereocenters. The van der Waals surface area contributed by atoms with Crippen molar-refractivity contribution in [1.82, 2.24) is 4.31 Å². The molecule has 0 bridgehead atoms. The smallest absolute Gasteiger partial charge is 0.324 e. The van der Waals surface area contributed by atoms with Crippen LogP contribution in [0.4, 0.5) is 0 Å². The summed E-state index contributed by atoms with van der Waals surface area (Å²) in [5.41, 5.74) is 0. The van der Waals surface area contributed by atoms with Crippen LogP contribution in [0, 0.1) is 0 Å². The molecule has 0 spiro atoms. The molecule has 122 valence electrons. The van der Waals surface area contributed by atoms with Crippen LogP contribution >= 0.6 is 0 Å². The third-order valence-electron chi connectivity index (χ3n) is 4.09. The fourth-order valence-corrected chi connectivity index (χ4v) is 4.65. The first-order valence-corrected chi connectivity index (χ1v) is 9.15. The predicted octanol–water partition coefficient (Wildman–Crippen LogP) is 2.56. The molecule has 5 nitrogen and oxygen atoms in total. The van der Waals surface area contributed by atoms with Crippen LogP contribution in [-0.2, 0) is 19.6 Å². The Morgan fingerprint density at radius 2 is 1.96 bits per heavy atom. The van der Waals surface area contributed by atoms with Crippen LogP contribution in [0.3, 0.4) is 0 Å². The van der Waals surface area contributed by atoms with Crippen molar-refractivity contribution >= 4 is 26.8 Å². The van der Waals surface area contributed by atoms with E-state index in [0.717, 1.165) is 10.8 Å². The molecule has 2 aromatic rings. The second-order valence-corrected chi connectivity index (χ2v) is 7.43. The van der Waals surface area contributed by atoms with Crippen LogP contribution in [0.5, 0.6) is 0 Å². The van der Waals surface area contributed by atoms with E-state index in [-0.39, 0.29) is 11.5 Å². The minimum Gasteiger partial charge on any atom is -0.465 e.